The van der Waals surface area contributed by atoms with E-state index in [1.54, 1.807) is 14.2 Å². The van der Waals surface area contributed by atoms with E-state index in [1.807, 2.05) is 43.3 Å². The van der Waals surface area contributed by atoms with Gasteiger partial charge < -0.3 is 14.8 Å². The van der Waals surface area contributed by atoms with Crippen LogP contribution < -0.4 is 20.1 Å². The van der Waals surface area contributed by atoms with Crippen LogP contribution in [0.25, 0.3) is 0 Å². The van der Waals surface area contributed by atoms with Gasteiger partial charge in [-0.3, -0.25) is 10.1 Å². The van der Waals surface area contributed by atoms with E-state index in [0.29, 0.717) is 5.75 Å². The van der Waals surface area contributed by atoms with E-state index in [-0.39, 0.29) is 24.5 Å². The molecule has 3 rings (SSSR count). The molecule has 0 saturated carbocycles. The minimum Gasteiger partial charge on any atom is -0.497 e. The Morgan fingerprint density at radius 3 is 2.23 bits per heavy atom. The number of hydrogen-bond acceptors (Lipinski definition) is 4. The molecule has 2 atom stereocenters. The van der Waals surface area contributed by atoms with Crippen LogP contribution in [0.4, 0.5) is 0 Å². The number of aryl methyl sites for hydroxylation is 1. The quantitative estimate of drug-likeness (QED) is 0.534. The van der Waals surface area contributed by atoms with Gasteiger partial charge in [-0.25, -0.2) is 0 Å². The van der Waals surface area contributed by atoms with E-state index in [1.165, 1.54) is 5.56 Å². The minimum absolute atomic E-state index is 0.0748. The largest absolute Gasteiger partial charge is 0.497 e. The van der Waals surface area contributed by atoms with Crippen molar-refractivity contribution in [3.05, 3.63) is 95.1 Å². The van der Waals surface area contributed by atoms with Gasteiger partial charge in [0.2, 0.25) is 5.91 Å². The number of ether oxygens (including phenoxy) is 2. The molecule has 5 nitrogen and oxygen atoms in total. The molecule has 0 fully saturated rings. The van der Waals surface area contributed by atoms with Crippen molar-refractivity contribution in [3.8, 4) is 11.5 Å². The maximum Gasteiger partial charge on any atom is 0.234 e. The maximum absolute atomic E-state index is 12.8. The van der Waals surface area contributed by atoms with Crippen molar-refractivity contribution in [2.45, 2.75) is 25.9 Å². The van der Waals surface area contributed by atoms with E-state index in [9.17, 15) is 4.79 Å². The summed E-state index contributed by atoms with van der Waals surface area (Å²) in [5, 5.41) is 6.46. The minimum atomic E-state index is -0.228. The molecule has 0 aliphatic carbocycles. The Morgan fingerprint density at radius 1 is 0.903 bits per heavy atom. The van der Waals surface area contributed by atoms with Crippen molar-refractivity contribution in [3.63, 3.8) is 0 Å². The zero-order chi connectivity index (χ0) is 22.2. The van der Waals surface area contributed by atoms with Crippen LogP contribution in [0.15, 0.2) is 72.8 Å². The highest BCUT2D eigenvalue weighted by atomic mass is 16.5. The van der Waals surface area contributed by atoms with E-state index in [2.05, 4.69) is 54.0 Å². The van der Waals surface area contributed by atoms with Gasteiger partial charge in [0.05, 0.1) is 32.8 Å². The summed E-state index contributed by atoms with van der Waals surface area (Å²) in [5.41, 5.74) is 4.30. The summed E-state index contributed by atoms with van der Waals surface area (Å²) in [6, 6.07) is 23.8. The molecular weight excluding hydrogens is 388 g/mol. The molecular formula is C26H30N2O3. The van der Waals surface area contributed by atoms with Crippen LogP contribution in [0.2, 0.25) is 0 Å². The lowest BCUT2D eigenvalue weighted by molar-refractivity contribution is -0.121. The van der Waals surface area contributed by atoms with Gasteiger partial charge in [0, 0.05) is 5.56 Å². The van der Waals surface area contributed by atoms with Gasteiger partial charge in [0.25, 0.3) is 0 Å². The lowest BCUT2D eigenvalue weighted by Crippen LogP contribution is -2.37. The number of carbonyl (C=O) groups excluding carboxylic acids is 1. The van der Waals surface area contributed by atoms with Crippen LogP contribution in [0.3, 0.4) is 0 Å². The Hall–Kier alpha value is -3.31. The van der Waals surface area contributed by atoms with Crippen molar-refractivity contribution >= 4 is 5.91 Å². The van der Waals surface area contributed by atoms with Gasteiger partial charge >= 0.3 is 0 Å². The first-order chi connectivity index (χ1) is 15.0. The molecule has 0 radical (unpaired) electrons. The number of methoxy groups -OCH3 is 2. The second-order valence-electron chi connectivity index (χ2n) is 7.53. The second-order valence-corrected chi connectivity index (χ2v) is 7.53. The Morgan fingerprint density at radius 2 is 1.58 bits per heavy atom. The van der Waals surface area contributed by atoms with Gasteiger partial charge in [-0.2, -0.15) is 0 Å². The average Bonchev–Trinajstić information content (AvgIpc) is 2.80. The van der Waals surface area contributed by atoms with E-state index < -0.39 is 0 Å². The molecule has 0 spiro atoms. The van der Waals surface area contributed by atoms with Crippen LogP contribution in [0.5, 0.6) is 11.5 Å². The zero-order valence-corrected chi connectivity index (χ0v) is 18.5. The van der Waals surface area contributed by atoms with E-state index in [0.717, 1.165) is 22.4 Å². The molecule has 0 heterocycles. The van der Waals surface area contributed by atoms with Gasteiger partial charge in [-0.15, -0.1) is 0 Å². The summed E-state index contributed by atoms with van der Waals surface area (Å²) >= 11 is 0. The fraction of sp³-hybridized carbons (Fsp3) is 0.269. The van der Waals surface area contributed by atoms with Gasteiger partial charge in [-0.1, -0.05) is 60.2 Å². The highest BCUT2D eigenvalue weighted by molar-refractivity contribution is 5.78. The summed E-state index contributed by atoms with van der Waals surface area (Å²) in [6.45, 7) is 4.18. The molecule has 3 aromatic carbocycles. The second kappa shape index (κ2) is 10.6. The lowest BCUT2D eigenvalue weighted by Gasteiger charge is -2.22. The Labute approximate surface area is 184 Å². The topological polar surface area (TPSA) is 59.6 Å². The molecule has 0 aromatic heterocycles. The molecule has 31 heavy (non-hydrogen) atoms. The van der Waals surface area contributed by atoms with Crippen molar-refractivity contribution in [2.24, 2.45) is 0 Å². The van der Waals surface area contributed by atoms with Gasteiger partial charge in [0.15, 0.2) is 0 Å². The van der Waals surface area contributed by atoms with E-state index >= 15 is 0 Å². The third-order valence-corrected chi connectivity index (χ3v) is 5.29. The first-order valence-electron chi connectivity index (χ1n) is 10.4. The average molecular weight is 419 g/mol. The first-order valence-corrected chi connectivity index (χ1v) is 10.4. The number of hydrogen-bond donors (Lipinski definition) is 2. The summed E-state index contributed by atoms with van der Waals surface area (Å²) in [7, 11) is 3.24. The molecule has 1 amide bonds. The van der Waals surface area contributed by atoms with Crippen LogP contribution >= 0.6 is 0 Å². The monoisotopic (exact) mass is 418 g/mol. The van der Waals surface area contributed by atoms with Crippen molar-refractivity contribution < 1.29 is 14.3 Å². The summed E-state index contributed by atoms with van der Waals surface area (Å²) in [5.74, 6) is 1.34. The summed E-state index contributed by atoms with van der Waals surface area (Å²) in [6.07, 6.45) is 0. The fourth-order valence-corrected chi connectivity index (χ4v) is 3.58. The van der Waals surface area contributed by atoms with Gasteiger partial charge in [0.1, 0.15) is 11.5 Å². The van der Waals surface area contributed by atoms with Crippen molar-refractivity contribution in [1.82, 2.24) is 10.6 Å². The first kappa shape index (κ1) is 22.4. The normalized spacial score (nSPS) is 12.6. The standard InChI is InChI=1S/C26H30N2O3/c1-18-10-12-21(13-11-18)26(20-8-6-5-7-9-20)27-17-25(29)28-19(2)23-16-22(30-3)14-15-24(23)31-4/h5-16,19,26-27H,17H2,1-4H3,(H,28,29)/t19-,26-/m1/s1. The van der Waals surface area contributed by atoms with E-state index in [4.69, 9.17) is 9.47 Å². The van der Waals surface area contributed by atoms with Crippen LogP contribution in [0, 0.1) is 6.92 Å². The SMILES string of the molecule is COc1ccc(OC)c([C@@H](C)NC(=O)CN[C@H](c2ccccc2)c2ccc(C)cc2)c1. The highest BCUT2D eigenvalue weighted by Gasteiger charge is 2.18. The predicted molar refractivity (Wildman–Crippen MR) is 124 cm³/mol. The molecule has 0 bridgehead atoms. The van der Waals surface area contributed by atoms with Crippen molar-refractivity contribution in [1.29, 1.82) is 0 Å². The maximum atomic E-state index is 12.8. The third kappa shape index (κ3) is 5.86. The molecule has 0 aliphatic heterocycles. The number of nitrogens with one attached hydrogen (secondary N) is 2. The molecule has 2 N–H and O–H groups in total. The van der Waals surface area contributed by atoms with Gasteiger partial charge in [-0.05, 0) is 43.2 Å². The molecule has 0 aliphatic rings. The fourth-order valence-electron chi connectivity index (χ4n) is 3.58. The third-order valence-electron chi connectivity index (χ3n) is 5.29. The molecule has 162 valence electrons. The molecule has 5 heteroatoms. The zero-order valence-electron chi connectivity index (χ0n) is 18.5. The number of benzene rings is 3. The number of carbonyl (C=O) groups is 1. The number of amides is 1. The number of rotatable bonds is 9. The Kier molecular flexibility index (Phi) is 7.68. The molecule has 3 aromatic rings. The summed E-state index contributed by atoms with van der Waals surface area (Å²) in [4.78, 5) is 12.8. The molecule has 0 saturated heterocycles. The van der Waals surface area contributed by atoms with Crippen LogP contribution in [-0.4, -0.2) is 26.7 Å². The van der Waals surface area contributed by atoms with Crippen LogP contribution in [0.1, 0.15) is 41.3 Å². The van der Waals surface area contributed by atoms with Crippen LogP contribution in [-0.2, 0) is 4.79 Å². The van der Waals surface area contributed by atoms with Crippen molar-refractivity contribution in [2.75, 3.05) is 20.8 Å². The Bertz CT molecular complexity index is 987. The highest BCUT2D eigenvalue weighted by Crippen LogP contribution is 2.29. The predicted octanol–water partition coefficient (Wildman–Crippen LogP) is 4.57. The Balaban J connectivity index is 1.71. The molecule has 0 unspecified atom stereocenters. The lowest BCUT2D eigenvalue weighted by atomic mass is 9.98. The summed E-state index contributed by atoms with van der Waals surface area (Å²) < 4.78 is 10.8. The smallest absolute Gasteiger partial charge is 0.234 e.